The van der Waals surface area contributed by atoms with Gasteiger partial charge in [0, 0.05) is 32.3 Å². The van der Waals surface area contributed by atoms with Crippen LogP contribution >= 0.6 is 24.0 Å². The van der Waals surface area contributed by atoms with Gasteiger partial charge in [0.05, 0.1) is 12.7 Å². The van der Waals surface area contributed by atoms with Gasteiger partial charge in [-0.05, 0) is 37.7 Å². The third kappa shape index (κ3) is 6.12. The van der Waals surface area contributed by atoms with E-state index in [9.17, 15) is 0 Å². The number of halogens is 1. The molecule has 0 radical (unpaired) electrons. The van der Waals surface area contributed by atoms with Crippen LogP contribution in [0.4, 0.5) is 0 Å². The molecule has 134 valence electrons. The summed E-state index contributed by atoms with van der Waals surface area (Å²) < 4.78 is 11.6. The molecule has 0 spiro atoms. The molecule has 1 aromatic rings. The largest absolute Gasteiger partial charge is 0.493 e. The fourth-order valence-electron chi connectivity index (χ4n) is 2.70. The molecule has 6 heteroatoms. The van der Waals surface area contributed by atoms with Crippen molar-refractivity contribution in [3.05, 3.63) is 29.8 Å². The molecule has 1 unspecified atom stereocenters. The van der Waals surface area contributed by atoms with Crippen molar-refractivity contribution >= 4 is 29.9 Å². The predicted octanol–water partition coefficient (Wildman–Crippen LogP) is 2.94. The highest BCUT2D eigenvalue weighted by Crippen LogP contribution is 2.30. The van der Waals surface area contributed by atoms with Crippen LogP contribution in [0, 0.1) is 5.92 Å². The quantitative estimate of drug-likeness (QED) is 0.385. The number of guanidine groups is 1. The number of hydrogen-bond acceptors (Lipinski definition) is 3. The minimum atomic E-state index is 0. The summed E-state index contributed by atoms with van der Waals surface area (Å²) in [6.07, 6.45) is 5.20. The lowest BCUT2D eigenvalue weighted by Gasteiger charge is -2.16. The Morgan fingerprint density at radius 1 is 1.25 bits per heavy atom. The third-order valence-electron chi connectivity index (χ3n) is 4.34. The Labute approximate surface area is 161 Å². The average Bonchev–Trinajstić information content (AvgIpc) is 3.27. The number of nitrogens with one attached hydrogen (secondary N) is 2. The number of ether oxygens (including phenoxy) is 2. The first kappa shape index (κ1) is 19.3. The molecule has 1 atom stereocenters. The van der Waals surface area contributed by atoms with Crippen LogP contribution in [0.1, 0.15) is 31.2 Å². The third-order valence-corrected chi connectivity index (χ3v) is 4.34. The van der Waals surface area contributed by atoms with Gasteiger partial charge < -0.3 is 20.1 Å². The van der Waals surface area contributed by atoms with Gasteiger partial charge in [-0.15, -0.1) is 24.0 Å². The van der Waals surface area contributed by atoms with Crippen molar-refractivity contribution in [2.75, 3.05) is 26.8 Å². The normalized spacial score (nSPS) is 20.4. The predicted molar refractivity (Wildman–Crippen MR) is 107 cm³/mol. The van der Waals surface area contributed by atoms with Crippen LogP contribution in [0.3, 0.4) is 0 Å². The zero-order valence-electron chi connectivity index (χ0n) is 14.3. The molecule has 2 N–H and O–H groups in total. The highest BCUT2D eigenvalue weighted by molar-refractivity contribution is 14.0. The summed E-state index contributed by atoms with van der Waals surface area (Å²) in [7, 11) is 1.79. The van der Waals surface area contributed by atoms with Crippen molar-refractivity contribution < 1.29 is 9.47 Å². The van der Waals surface area contributed by atoms with Gasteiger partial charge in [-0.25, -0.2) is 0 Å². The van der Waals surface area contributed by atoms with Crippen molar-refractivity contribution in [2.45, 2.75) is 38.3 Å². The van der Waals surface area contributed by atoms with Crippen molar-refractivity contribution in [1.29, 1.82) is 0 Å². The van der Waals surface area contributed by atoms with Crippen molar-refractivity contribution in [3.63, 3.8) is 0 Å². The first-order valence-electron chi connectivity index (χ1n) is 8.62. The van der Waals surface area contributed by atoms with E-state index in [2.05, 4.69) is 21.7 Å². The number of aliphatic imine (C=N–C) groups is 1. The van der Waals surface area contributed by atoms with E-state index >= 15 is 0 Å². The van der Waals surface area contributed by atoms with Crippen molar-refractivity contribution in [2.24, 2.45) is 10.9 Å². The number of para-hydroxylation sites is 1. The van der Waals surface area contributed by atoms with E-state index in [0.29, 0.717) is 12.6 Å². The molecule has 1 aromatic carbocycles. The molecule has 0 amide bonds. The molecule has 0 bridgehead atoms. The van der Waals surface area contributed by atoms with Crippen LogP contribution in [-0.4, -0.2) is 38.9 Å². The van der Waals surface area contributed by atoms with Gasteiger partial charge in [-0.1, -0.05) is 18.2 Å². The minimum absolute atomic E-state index is 0. The number of benzene rings is 1. The van der Waals surface area contributed by atoms with Crippen LogP contribution in [0.25, 0.3) is 0 Å². The van der Waals surface area contributed by atoms with Gasteiger partial charge in [0.1, 0.15) is 5.75 Å². The molecule has 1 saturated heterocycles. The lowest BCUT2D eigenvalue weighted by atomic mass is 10.2. The van der Waals surface area contributed by atoms with Gasteiger partial charge in [-0.3, -0.25) is 4.99 Å². The van der Waals surface area contributed by atoms with E-state index in [-0.39, 0.29) is 24.0 Å². The van der Waals surface area contributed by atoms with Gasteiger partial charge in [0.15, 0.2) is 5.96 Å². The zero-order chi connectivity index (χ0) is 15.9. The molecular weight excluding hydrogens is 417 g/mol. The molecule has 1 aliphatic heterocycles. The summed E-state index contributed by atoms with van der Waals surface area (Å²) in [5, 5.41) is 6.69. The SMILES string of the molecule is CN=C(NCc1ccccc1OCC1CC1)NCC1CCCO1.I. The molecule has 2 aliphatic rings. The highest BCUT2D eigenvalue weighted by Gasteiger charge is 2.22. The second-order valence-electron chi connectivity index (χ2n) is 6.30. The standard InChI is InChI=1S/C18H27N3O2.HI/c1-19-18(21-12-16-6-4-10-22-16)20-11-15-5-2-3-7-17(15)23-13-14-8-9-14;/h2-3,5,7,14,16H,4,6,8-13H2,1H3,(H2,19,20,21);1H. The van der Waals surface area contributed by atoms with E-state index in [0.717, 1.165) is 55.8 Å². The van der Waals surface area contributed by atoms with E-state index in [1.165, 1.54) is 12.8 Å². The van der Waals surface area contributed by atoms with Gasteiger partial charge in [-0.2, -0.15) is 0 Å². The summed E-state index contributed by atoms with van der Waals surface area (Å²) in [6.45, 7) is 3.22. The summed E-state index contributed by atoms with van der Waals surface area (Å²) >= 11 is 0. The second-order valence-corrected chi connectivity index (χ2v) is 6.30. The molecule has 1 aliphatic carbocycles. The summed E-state index contributed by atoms with van der Waals surface area (Å²) in [5.74, 6) is 2.54. The highest BCUT2D eigenvalue weighted by atomic mass is 127. The fourth-order valence-corrected chi connectivity index (χ4v) is 2.70. The molecule has 0 aromatic heterocycles. The van der Waals surface area contributed by atoms with Gasteiger partial charge in [0.2, 0.25) is 0 Å². The fraction of sp³-hybridized carbons (Fsp3) is 0.611. The van der Waals surface area contributed by atoms with E-state index in [4.69, 9.17) is 9.47 Å². The number of rotatable bonds is 7. The average molecular weight is 445 g/mol. The molecule has 2 fully saturated rings. The minimum Gasteiger partial charge on any atom is -0.493 e. The van der Waals surface area contributed by atoms with E-state index < -0.39 is 0 Å². The van der Waals surface area contributed by atoms with Crippen molar-refractivity contribution in [3.8, 4) is 5.75 Å². The summed E-state index contributed by atoms with van der Waals surface area (Å²) in [5.41, 5.74) is 1.16. The first-order chi connectivity index (χ1) is 11.3. The topological polar surface area (TPSA) is 54.9 Å². The smallest absolute Gasteiger partial charge is 0.191 e. The van der Waals surface area contributed by atoms with Crippen LogP contribution < -0.4 is 15.4 Å². The molecule has 24 heavy (non-hydrogen) atoms. The van der Waals surface area contributed by atoms with Crippen molar-refractivity contribution in [1.82, 2.24) is 10.6 Å². The maximum Gasteiger partial charge on any atom is 0.191 e. The maximum atomic E-state index is 5.95. The Kier molecular flexibility index (Phi) is 8.11. The summed E-state index contributed by atoms with van der Waals surface area (Å²) in [6, 6.07) is 8.21. The zero-order valence-corrected chi connectivity index (χ0v) is 16.6. The van der Waals surface area contributed by atoms with Crippen LogP contribution in [0.15, 0.2) is 29.3 Å². The Morgan fingerprint density at radius 2 is 2.08 bits per heavy atom. The van der Waals surface area contributed by atoms with Gasteiger partial charge >= 0.3 is 0 Å². The van der Waals surface area contributed by atoms with E-state index in [1.54, 1.807) is 7.05 Å². The lowest BCUT2D eigenvalue weighted by molar-refractivity contribution is 0.114. The van der Waals surface area contributed by atoms with E-state index in [1.807, 2.05) is 18.2 Å². The number of hydrogen-bond donors (Lipinski definition) is 2. The Bertz CT molecular complexity index is 529. The monoisotopic (exact) mass is 445 g/mol. The number of nitrogens with zero attached hydrogens (tertiary/aromatic N) is 1. The van der Waals surface area contributed by atoms with Crippen LogP contribution in [0.2, 0.25) is 0 Å². The molecular formula is C18H28IN3O2. The van der Waals surface area contributed by atoms with Gasteiger partial charge in [0.25, 0.3) is 0 Å². The van der Waals surface area contributed by atoms with Crippen LogP contribution in [0.5, 0.6) is 5.75 Å². The second kappa shape index (κ2) is 10.1. The lowest BCUT2D eigenvalue weighted by Crippen LogP contribution is -2.40. The Morgan fingerprint density at radius 3 is 2.79 bits per heavy atom. The molecule has 1 saturated carbocycles. The molecule has 5 nitrogen and oxygen atoms in total. The molecule has 3 rings (SSSR count). The summed E-state index contributed by atoms with van der Waals surface area (Å²) in [4.78, 5) is 4.28. The van der Waals surface area contributed by atoms with Crippen LogP contribution in [-0.2, 0) is 11.3 Å². The maximum absolute atomic E-state index is 5.95. The molecule has 1 heterocycles. The Balaban J connectivity index is 0.00000208. The Hall–Kier alpha value is -1.02. The first-order valence-corrected chi connectivity index (χ1v) is 8.62.